The van der Waals surface area contributed by atoms with E-state index in [1.54, 1.807) is 12.1 Å². The first-order chi connectivity index (χ1) is 8.54. The lowest BCUT2D eigenvalue weighted by Gasteiger charge is -2.16. The Balaban J connectivity index is 2.52. The zero-order chi connectivity index (χ0) is 13.5. The number of halogens is 1. The van der Waals surface area contributed by atoms with Crippen molar-refractivity contribution in [2.24, 2.45) is 5.73 Å². The van der Waals surface area contributed by atoms with Gasteiger partial charge in [-0.2, -0.15) is 0 Å². The second-order valence-electron chi connectivity index (χ2n) is 4.28. The Hall–Kier alpha value is -1.17. The van der Waals surface area contributed by atoms with Gasteiger partial charge in [0.2, 0.25) is 0 Å². The number of rotatable bonds is 7. The second-order valence-corrected chi connectivity index (χ2v) is 4.28. The van der Waals surface area contributed by atoms with Gasteiger partial charge < -0.3 is 20.3 Å². The minimum Gasteiger partial charge on any atom is -0.487 e. The summed E-state index contributed by atoms with van der Waals surface area (Å²) < 4.78 is 24.0. The Morgan fingerprint density at radius 3 is 2.67 bits per heavy atom. The SMILES string of the molecule is CC(C)OCC(O)COc1c(F)cccc1CN. The van der Waals surface area contributed by atoms with Crippen molar-refractivity contribution in [2.75, 3.05) is 13.2 Å². The molecule has 0 amide bonds. The predicted octanol–water partition coefficient (Wildman–Crippen LogP) is 1.45. The van der Waals surface area contributed by atoms with Crippen molar-refractivity contribution in [2.45, 2.75) is 32.6 Å². The molecule has 1 aromatic rings. The number of benzene rings is 1. The molecule has 1 atom stereocenters. The summed E-state index contributed by atoms with van der Waals surface area (Å²) in [4.78, 5) is 0. The molecule has 4 nitrogen and oxygen atoms in total. The molecule has 0 aromatic heterocycles. The zero-order valence-electron chi connectivity index (χ0n) is 10.7. The van der Waals surface area contributed by atoms with Crippen LogP contribution in [0.1, 0.15) is 19.4 Å². The highest BCUT2D eigenvalue weighted by Crippen LogP contribution is 2.22. The number of para-hydroxylation sites is 1. The average molecular weight is 257 g/mol. The maximum atomic E-state index is 13.5. The van der Waals surface area contributed by atoms with Crippen LogP contribution >= 0.6 is 0 Å². The summed E-state index contributed by atoms with van der Waals surface area (Å²) in [5.41, 5.74) is 6.07. The highest BCUT2D eigenvalue weighted by Gasteiger charge is 2.12. The highest BCUT2D eigenvalue weighted by molar-refractivity contribution is 5.34. The summed E-state index contributed by atoms with van der Waals surface area (Å²) in [5.74, 6) is -0.376. The molecule has 0 aliphatic carbocycles. The van der Waals surface area contributed by atoms with Gasteiger partial charge in [-0.3, -0.25) is 0 Å². The predicted molar refractivity (Wildman–Crippen MR) is 66.9 cm³/mol. The van der Waals surface area contributed by atoms with Crippen molar-refractivity contribution in [1.82, 2.24) is 0 Å². The van der Waals surface area contributed by atoms with Crippen molar-refractivity contribution in [1.29, 1.82) is 0 Å². The summed E-state index contributed by atoms with van der Waals surface area (Å²) in [6.45, 7) is 4.06. The molecule has 0 aliphatic heterocycles. The van der Waals surface area contributed by atoms with Gasteiger partial charge in [-0.25, -0.2) is 4.39 Å². The quantitative estimate of drug-likeness (QED) is 0.776. The second kappa shape index (κ2) is 7.31. The maximum Gasteiger partial charge on any atom is 0.165 e. The van der Waals surface area contributed by atoms with E-state index in [0.717, 1.165) is 0 Å². The first-order valence-corrected chi connectivity index (χ1v) is 5.94. The molecular formula is C13H20FNO3. The lowest BCUT2D eigenvalue weighted by atomic mass is 10.2. The molecule has 0 saturated carbocycles. The van der Waals surface area contributed by atoms with Crippen LogP contribution in [0.25, 0.3) is 0 Å². The molecule has 0 aliphatic rings. The van der Waals surface area contributed by atoms with Crippen LogP contribution in [0.3, 0.4) is 0 Å². The third-order valence-corrected chi connectivity index (χ3v) is 2.31. The van der Waals surface area contributed by atoms with Crippen molar-refractivity contribution in [3.8, 4) is 5.75 Å². The Labute approximate surface area is 107 Å². The third-order valence-electron chi connectivity index (χ3n) is 2.31. The number of nitrogens with two attached hydrogens (primary N) is 1. The van der Waals surface area contributed by atoms with Crippen molar-refractivity contribution < 1.29 is 19.0 Å². The topological polar surface area (TPSA) is 64.7 Å². The Bertz CT molecular complexity index is 371. The van der Waals surface area contributed by atoms with E-state index in [4.69, 9.17) is 15.2 Å². The van der Waals surface area contributed by atoms with E-state index in [1.165, 1.54) is 6.07 Å². The van der Waals surface area contributed by atoms with Crippen molar-refractivity contribution >= 4 is 0 Å². The van der Waals surface area contributed by atoms with Gasteiger partial charge in [0.05, 0.1) is 12.7 Å². The van der Waals surface area contributed by atoms with Gasteiger partial charge in [0.25, 0.3) is 0 Å². The van der Waals surface area contributed by atoms with Crippen LogP contribution in [-0.4, -0.2) is 30.5 Å². The Morgan fingerprint density at radius 2 is 2.06 bits per heavy atom. The average Bonchev–Trinajstić information content (AvgIpc) is 2.34. The minimum absolute atomic E-state index is 0.0271. The zero-order valence-corrected chi connectivity index (χ0v) is 10.7. The highest BCUT2D eigenvalue weighted by atomic mass is 19.1. The molecule has 0 spiro atoms. The third kappa shape index (κ3) is 4.60. The summed E-state index contributed by atoms with van der Waals surface area (Å²) >= 11 is 0. The molecule has 1 rings (SSSR count). The molecule has 1 unspecified atom stereocenters. The van der Waals surface area contributed by atoms with E-state index >= 15 is 0 Å². The number of aliphatic hydroxyl groups is 1. The van der Waals surface area contributed by atoms with Gasteiger partial charge in [-0.1, -0.05) is 12.1 Å². The van der Waals surface area contributed by atoms with E-state index < -0.39 is 11.9 Å². The van der Waals surface area contributed by atoms with Crippen LogP contribution in [0.2, 0.25) is 0 Å². The lowest BCUT2D eigenvalue weighted by Crippen LogP contribution is -2.25. The molecule has 0 fully saturated rings. The van der Waals surface area contributed by atoms with Gasteiger partial charge in [0.15, 0.2) is 11.6 Å². The fraction of sp³-hybridized carbons (Fsp3) is 0.538. The Kier molecular flexibility index (Phi) is 6.04. The summed E-state index contributed by atoms with van der Waals surface area (Å²) in [7, 11) is 0. The van der Waals surface area contributed by atoms with Gasteiger partial charge in [0.1, 0.15) is 12.7 Å². The molecular weight excluding hydrogens is 237 g/mol. The van der Waals surface area contributed by atoms with E-state index in [1.807, 2.05) is 13.8 Å². The van der Waals surface area contributed by atoms with Crippen molar-refractivity contribution in [3.63, 3.8) is 0 Å². The van der Waals surface area contributed by atoms with Gasteiger partial charge in [-0.15, -0.1) is 0 Å². The maximum absolute atomic E-state index is 13.5. The summed E-state index contributed by atoms with van der Waals surface area (Å²) in [6.07, 6.45) is -0.759. The largest absolute Gasteiger partial charge is 0.487 e. The fourth-order valence-electron chi connectivity index (χ4n) is 1.41. The first kappa shape index (κ1) is 14.9. The molecule has 1 aromatic carbocycles. The standard InChI is InChI=1S/C13H20FNO3/c1-9(2)17-7-11(16)8-18-13-10(6-15)4-3-5-12(13)14/h3-5,9,11,16H,6-8,15H2,1-2H3. The monoisotopic (exact) mass is 257 g/mol. The first-order valence-electron chi connectivity index (χ1n) is 5.94. The molecule has 0 heterocycles. The molecule has 102 valence electrons. The van der Waals surface area contributed by atoms with Gasteiger partial charge in [0, 0.05) is 12.1 Å². The van der Waals surface area contributed by atoms with Crippen LogP contribution in [0.5, 0.6) is 5.75 Å². The molecule has 5 heteroatoms. The van der Waals surface area contributed by atoms with Crippen LogP contribution in [0.4, 0.5) is 4.39 Å². The van der Waals surface area contributed by atoms with Gasteiger partial charge >= 0.3 is 0 Å². The molecule has 0 saturated heterocycles. The summed E-state index contributed by atoms with van der Waals surface area (Å²) in [6, 6.07) is 4.56. The number of hydrogen-bond acceptors (Lipinski definition) is 4. The smallest absolute Gasteiger partial charge is 0.165 e. The van der Waals surface area contributed by atoms with E-state index in [-0.39, 0.29) is 31.6 Å². The lowest BCUT2D eigenvalue weighted by molar-refractivity contribution is -0.0129. The van der Waals surface area contributed by atoms with Crippen LogP contribution in [0.15, 0.2) is 18.2 Å². The van der Waals surface area contributed by atoms with E-state index in [2.05, 4.69) is 0 Å². The molecule has 18 heavy (non-hydrogen) atoms. The van der Waals surface area contributed by atoms with Crippen molar-refractivity contribution in [3.05, 3.63) is 29.6 Å². The minimum atomic E-state index is -0.794. The number of hydrogen-bond donors (Lipinski definition) is 2. The van der Waals surface area contributed by atoms with Crippen LogP contribution in [-0.2, 0) is 11.3 Å². The van der Waals surface area contributed by atoms with E-state index in [0.29, 0.717) is 5.56 Å². The van der Waals surface area contributed by atoms with Gasteiger partial charge in [-0.05, 0) is 19.9 Å². The van der Waals surface area contributed by atoms with Crippen LogP contribution in [0, 0.1) is 5.82 Å². The molecule has 0 bridgehead atoms. The summed E-state index contributed by atoms with van der Waals surface area (Å²) in [5, 5.41) is 9.61. The van der Waals surface area contributed by atoms with E-state index in [9.17, 15) is 9.50 Å². The molecule has 0 radical (unpaired) electrons. The Morgan fingerprint density at radius 1 is 1.33 bits per heavy atom. The molecule has 3 N–H and O–H groups in total. The number of aliphatic hydroxyl groups excluding tert-OH is 1. The van der Waals surface area contributed by atoms with Crippen LogP contribution < -0.4 is 10.5 Å². The normalized spacial score (nSPS) is 12.8. The number of ether oxygens (including phenoxy) is 2. The fourth-order valence-corrected chi connectivity index (χ4v) is 1.41.